The number of aryl methyl sites for hydroxylation is 1. The van der Waals surface area contributed by atoms with Crippen LogP contribution in [-0.2, 0) is 6.42 Å². The van der Waals surface area contributed by atoms with E-state index in [1.165, 1.54) is 24.2 Å². The summed E-state index contributed by atoms with van der Waals surface area (Å²) >= 11 is 0. The molecular weight excluding hydrogens is 262 g/mol. The quantitative estimate of drug-likeness (QED) is 0.886. The maximum absolute atomic E-state index is 6.08. The van der Waals surface area contributed by atoms with Crippen molar-refractivity contribution in [2.75, 3.05) is 45.8 Å². The summed E-state index contributed by atoms with van der Waals surface area (Å²) in [5.74, 6) is 1.09. The third kappa shape index (κ3) is 3.76. The second kappa shape index (κ2) is 6.77. The Hall–Kier alpha value is -1.10. The van der Waals surface area contributed by atoms with Crippen molar-refractivity contribution in [3.8, 4) is 5.75 Å². The second-order valence-corrected chi connectivity index (χ2v) is 6.34. The minimum absolute atomic E-state index is 0.331. The number of piperazine rings is 1. The monoisotopic (exact) mass is 289 g/mol. The first kappa shape index (κ1) is 14.8. The Balaban J connectivity index is 1.45. The average molecular weight is 289 g/mol. The molecule has 1 unspecified atom stereocenters. The average Bonchev–Trinajstić information content (AvgIpc) is 2.88. The van der Waals surface area contributed by atoms with Crippen LogP contribution in [0.4, 0.5) is 0 Å². The molecule has 4 nitrogen and oxygen atoms in total. The van der Waals surface area contributed by atoms with Crippen molar-refractivity contribution in [1.29, 1.82) is 0 Å². The zero-order valence-electron chi connectivity index (χ0n) is 13.1. The van der Waals surface area contributed by atoms with E-state index in [1.807, 2.05) is 0 Å². The number of rotatable bonds is 5. The first-order valence-corrected chi connectivity index (χ1v) is 8.15. The number of hydrogen-bond acceptors (Lipinski definition) is 4. The Bertz CT molecular complexity index is 469. The van der Waals surface area contributed by atoms with E-state index >= 15 is 0 Å². The highest BCUT2D eigenvalue weighted by atomic mass is 16.5. The summed E-state index contributed by atoms with van der Waals surface area (Å²) in [6.45, 7) is 9.78. The van der Waals surface area contributed by atoms with Crippen molar-refractivity contribution in [3.63, 3.8) is 0 Å². The largest absolute Gasteiger partial charge is 0.488 e. The van der Waals surface area contributed by atoms with Gasteiger partial charge in [0.15, 0.2) is 0 Å². The molecule has 1 atom stereocenters. The van der Waals surface area contributed by atoms with Gasteiger partial charge in [0.1, 0.15) is 11.9 Å². The maximum atomic E-state index is 6.08. The maximum Gasteiger partial charge on any atom is 0.123 e. The molecule has 0 aliphatic carbocycles. The Morgan fingerprint density at radius 2 is 1.95 bits per heavy atom. The Kier molecular flexibility index (Phi) is 4.78. The van der Waals surface area contributed by atoms with Crippen LogP contribution in [0.25, 0.3) is 0 Å². The highest BCUT2D eigenvalue weighted by molar-refractivity contribution is 5.40. The third-order valence-electron chi connectivity index (χ3n) is 4.56. The van der Waals surface area contributed by atoms with E-state index in [2.05, 4.69) is 34.9 Å². The molecule has 21 heavy (non-hydrogen) atoms. The summed E-state index contributed by atoms with van der Waals surface area (Å²) in [6, 6.07) is 6.52. The molecule has 0 bridgehead atoms. The summed E-state index contributed by atoms with van der Waals surface area (Å²) < 4.78 is 6.08. The van der Waals surface area contributed by atoms with Gasteiger partial charge in [-0.1, -0.05) is 17.7 Å². The number of nitrogens with zero attached hydrogens (tertiary/aromatic N) is 2. The molecule has 1 aromatic carbocycles. The first-order chi connectivity index (χ1) is 10.2. The fourth-order valence-electron chi connectivity index (χ4n) is 3.35. The lowest BCUT2D eigenvalue weighted by molar-refractivity contribution is 0.0921. The van der Waals surface area contributed by atoms with Crippen LogP contribution in [-0.4, -0.2) is 61.7 Å². The normalized spacial score (nSPS) is 23.0. The van der Waals surface area contributed by atoms with Gasteiger partial charge in [0.2, 0.25) is 0 Å². The van der Waals surface area contributed by atoms with Gasteiger partial charge in [-0.25, -0.2) is 0 Å². The predicted octanol–water partition coefficient (Wildman–Crippen LogP) is 1.26. The van der Waals surface area contributed by atoms with Crippen LogP contribution in [0.15, 0.2) is 18.2 Å². The van der Waals surface area contributed by atoms with Gasteiger partial charge < -0.3 is 15.4 Å². The van der Waals surface area contributed by atoms with Crippen molar-refractivity contribution in [3.05, 3.63) is 29.3 Å². The van der Waals surface area contributed by atoms with Gasteiger partial charge in [0, 0.05) is 39.1 Å². The highest BCUT2D eigenvalue weighted by Crippen LogP contribution is 2.29. The van der Waals surface area contributed by atoms with Crippen LogP contribution in [0.2, 0.25) is 0 Å². The molecule has 116 valence electrons. The van der Waals surface area contributed by atoms with E-state index < -0.39 is 0 Å². The van der Waals surface area contributed by atoms with E-state index in [4.69, 9.17) is 10.5 Å². The third-order valence-corrected chi connectivity index (χ3v) is 4.56. The lowest BCUT2D eigenvalue weighted by atomic mass is 10.1. The molecule has 2 aliphatic heterocycles. The van der Waals surface area contributed by atoms with Crippen LogP contribution in [0.1, 0.15) is 17.5 Å². The van der Waals surface area contributed by atoms with Gasteiger partial charge in [-0.3, -0.25) is 4.90 Å². The summed E-state index contributed by atoms with van der Waals surface area (Å²) in [7, 11) is 0. The van der Waals surface area contributed by atoms with Gasteiger partial charge in [-0.2, -0.15) is 0 Å². The van der Waals surface area contributed by atoms with Gasteiger partial charge in [0.25, 0.3) is 0 Å². The summed E-state index contributed by atoms with van der Waals surface area (Å²) in [5, 5.41) is 0. The molecule has 3 rings (SSSR count). The van der Waals surface area contributed by atoms with Crippen LogP contribution in [0.3, 0.4) is 0 Å². The molecule has 0 spiro atoms. The van der Waals surface area contributed by atoms with Gasteiger partial charge in [-0.05, 0) is 38.1 Å². The molecule has 1 aromatic rings. The molecule has 1 fully saturated rings. The van der Waals surface area contributed by atoms with Crippen molar-refractivity contribution < 1.29 is 4.74 Å². The van der Waals surface area contributed by atoms with E-state index in [0.29, 0.717) is 6.10 Å². The van der Waals surface area contributed by atoms with Crippen molar-refractivity contribution >= 4 is 0 Å². The van der Waals surface area contributed by atoms with Crippen molar-refractivity contribution in [2.45, 2.75) is 25.9 Å². The molecule has 2 aliphatic rings. The van der Waals surface area contributed by atoms with Gasteiger partial charge in [-0.15, -0.1) is 0 Å². The summed E-state index contributed by atoms with van der Waals surface area (Å²) in [4.78, 5) is 5.07. The second-order valence-electron chi connectivity index (χ2n) is 6.34. The zero-order chi connectivity index (χ0) is 14.7. The van der Waals surface area contributed by atoms with Crippen LogP contribution in [0, 0.1) is 6.92 Å². The zero-order valence-corrected chi connectivity index (χ0v) is 13.1. The minimum atomic E-state index is 0.331. The van der Waals surface area contributed by atoms with Crippen molar-refractivity contribution in [2.24, 2.45) is 5.73 Å². The fourth-order valence-corrected chi connectivity index (χ4v) is 3.35. The molecule has 0 saturated carbocycles. The lowest BCUT2D eigenvalue weighted by Gasteiger charge is -2.35. The molecular formula is C17H27N3O. The number of fused-ring (bicyclic) bond motifs is 1. The molecule has 4 heteroatoms. The Labute approximate surface area is 127 Å². The van der Waals surface area contributed by atoms with E-state index in [9.17, 15) is 0 Å². The van der Waals surface area contributed by atoms with Gasteiger partial charge >= 0.3 is 0 Å². The molecule has 0 radical (unpaired) electrons. The van der Waals surface area contributed by atoms with E-state index in [1.54, 1.807) is 0 Å². The van der Waals surface area contributed by atoms with Crippen LogP contribution in [0.5, 0.6) is 5.75 Å². The van der Waals surface area contributed by atoms with E-state index in [-0.39, 0.29) is 0 Å². The summed E-state index contributed by atoms with van der Waals surface area (Å²) in [6.07, 6.45) is 2.50. The lowest BCUT2D eigenvalue weighted by Crippen LogP contribution is -2.49. The van der Waals surface area contributed by atoms with Crippen LogP contribution >= 0.6 is 0 Å². The number of benzene rings is 1. The molecule has 2 heterocycles. The number of hydrogen-bond donors (Lipinski definition) is 1. The predicted molar refractivity (Wildman–Crippen MR) is 85.9 cm³/mol. The SMILES string of the molecule is Cc1ccc2c(c1)CC(CN1CCN(CCCN)CC1)O2. The topological polar surface area (TPSA) is 41.7 Å². The fraction of sp³-hybridized carbons (Fsp3) is 0.647. The minimum Gasteiger partial charge on any atom is -0.488 e. The molecule has 2 N–H and O–H groups in total. The summed E-state index contributed by atoms with van der Waals surface area (Å²) in [5.41, 5.74) is 8.28. The molecule has 0 aromatic heterocycles. The van der Waals surface area contributed by atoms with Crippen LogP contribution < -0.4 is 10.5 Å². The number of ether oxygens (including phenoxy) is 1. The van der Waals surface area contributed by atoms with Crippen molar-refractivity contribution in [1.82, 2.24) is 9.80 Å². The molecule has 1 saturated heterocycles. The number of nitrogens with two attached hydrogens (primary N) is 1. The Morgan fingerprint density at radius 1 is 1.19 bits per heavy atom. The highest BCUT2D eigenvalue weighted by Gasteiger charge is 2.26. The standard InChI is InChI=1S/C17H27N3O/c1-14-3-4-17-15(11-14)12-16(21-17)13-20-9-7-19(8-10-20)6-2-5-18/h3-4,11,16H,2,5-10,12-13,18H2,1H3. The first-order valence-electron chi connectivity index (χ1n) is 8.15. The smallest absolute Gasteiger partial charge is 0.123 e. The van der Waals surface area contributed by atoms with E-state index in [0.717, 1.165) is 51.3 Å². The molecule has 0 amide bonds. The van der Waals surface area contributed by atoms with Gasteiger partial charge in [0.05, 0.1) is 0 Å². The Morgan fingerprint density at radius 3 is 2.71 bits per heavy atom.